The Kier molecular flexibility index (Phi) is 11.2. The van der Waals surface area contributed by atoms with Gasteiger partial charge in [-0.25, -0.2) is 0 Å². The molecule has 1 unspecified atom stereocenters. The van der Waals surface area contributed by atoms with Gasteiger partial charge in [0.25, 0.3) is 0 Å². The monoisotopic (exact) mass is 304 g/mol. The van der Waals surface area contributed by atoms with Gasteiger partial charge in [-0.3, -0.25) is 0 Å². The molecule has 0 heterocycles. The first-order valence-electron chi connectivity index (χ1n) is 7.87. The van der Waals surface area contributed by atoms with Gasteiger partial charge in [0.2, 0.25) is 0 Å². The van der Waals surface area contributed by atoms with E-state index < -0.39 is 0 Å². The van der Waals surface area contributed by atoms with Crippen LogP contribution in [-0.4, -0.2) is 0 Å². The predicted octanol–water partition coefficient (Wildman–Crippen LogP) is 6.90. The molecule has 0 spiro atoms. The van der Waals surface area contributed by atoms with Crippen molar-refractivity contribution in [3.63, 3.8) is 0 Å². The standard InChI is InChI=1S/C20H32S/c1-7-9-13-20(15-18(6)21)17(5)14-19(8-2)12-10-11-16(3)4/h7-8,10-11,13,16-17,21H,1,6,9,12,14-15H2,2-5H3/b11-10-,19-8-,20-13-. The first kappa shape index (κ1) is 20.1. The molecule has 0 nitrogen and oxygen atoms in total. The van der Waals surface area contributed by atoms with Gasteiger partial charge >= 0.3 is 0 Å². The topological polar surface area (TPSA) is 0 Å². The van der Waals surface area contributed by atoms with E-state index in [0.717, 1.165) is 30.6 Å². The Hall–Kier alpha value is -0.950. The molecule has 0 aromatic carbocycles. The Morgan fingerprint density at radius 2 is 1.90 bits per heavy atom. The first-order chi connectivity index (χ1) is 9.90. The predicted molar refractivity (Wildman–Crippen MR) is 102 cm³/mol. The second-order valence-electron chi connectivity index (χ2n) is 5.97. The van der Waals surface area contributed by atoms with Crippen molar-refractivity contribution in [3.8, 4) is 0 Å². The zero-order valence-electron chi connectivity index (χ0n) is 14.2. The molecular formula is C20H32S. The lowest BCUT2D eigenvalue weighted by atomic mass is 9.89. The molecule has 0 saturated carbocycles. The molecule has 0 aliphatic heterocycles. The lowest BCUT2D eigenvalue weighted by Crippen LogP contribution is -2.02. The molecule has 0 N–H and O–H groups in total. The Morgan fingerprint density at radius 1 is 1.24 bits per heavy atom. The molecule has 0 fully saturated rings. The quantitative estimate of drug-likeness (QED) is 0.329. The summed E-state index contributed by atoms with van der Waals surface area (Å²) >= 11 is 4.36. The fourth-order valence-corrected chi connectivity index (χ4v) is 2.44. The van der Waals surface area contributed by atoms with Crippen molar-refractivity contribution in [2.24, 2.45) is 11.8 Å². The Labute approximate surface area is 137 Å². The molecule has 0 rings (SSSR count). The van der Waals surface area contributed by atoms with Crippen LogP contribution in [0.3, 0.4) is 0 Å². The Morgan fingerprint density at radius 3 is 2.38 bits per heavy atom. The fraction of sp³-hybridized carbons (Fsp3) is 0.500. The number of allylic oxidation sites excluding steroid dienone is 8. The Balaban J connectivity index is 4.73. The highest BCUT2D eigenvalue weighted by Crippen LogP contribution is 2.27. The highest BCUT2D eigenvalue weighted by molar-refractivity contribution is 7.84. The van der Waals surface area contributed by atoms with Gasteiger partial charge in [-0.2, -0.15) is 0 Å². The summed E-state index contributed by atoms with van der Waals surface area (Å²) in [6.07, 6.45) is 15.0. The van der Waals surface area contributed by atoms with Crippen molar-refractivity contribution in [1.29, 1.82) is 0 Å². The van der Waals surface area contributed by atoms with Crippen molar-refractivity contribution >= 4 is 12.6 Å². The average molecular weight is 305 g/mol. The zero-order chi connectivity index (χ0) is 16.3. The van der Waals surface area contributed by atoms with Crippen LogP contribution in [0.2, 0.25) is 0 Å². The lowest BCUT2D eigenvalue weighted by molar-refractivity contribution is 0.645. The van der Waals surface area contributed by atoms with E-state index in [1.165, 1.54) is 11.1 Å². The van der Waals surface area contributed by atoms with Gasteiger partial charge in [-0.15, -0.1) is 19.2 Å². The van der Waals surface area contributed by atoms with Crippen molar-refractivity contribution < 1.29 is 0 Å². The van der Waals surface area contributed by atoms with Crippen LogP contribution in [0.1, 0.15) is 53.4 Å². The van der Waals surface area contributed by atoms with E-state index in [1.807, 2.05) is 6.08 Å². The molecule has 0 saturated heterocycles. The highest BCUT2D eigenvalue weighted by atomic mass is 32.1. The van der Waals surface area contributed by atoms with Crippen LogP contribution in [0.5, 0.6) is 0 Å². The van der Waals surface area contributed by atoms with E-state index in [0.29, 0.717) is 11.8 Å². The second kappa shape index (κ2) is 11.7. The smallest absolute Gasteiger partial charge is 0.00126 e. The van der Waals surface area contributed by atoms with Gasteiger partial charge in [0.15, 0.2) is 0 Å². The molecule has 0 aromatic rings. The molecule has 21 heavy (non-hydrogen) atoms. The maximum Gasteiger partial charge on any atom is -0.00126 e. The highest BCUT2D eigenvalue weighted by Gasteiger charge is 2.11. The number of hydrogen-bond donors (Lipinski definition) is 1. The summed E-state index contributed by atoms with van der Waals surface area (Å²) in [5, 5.41) is 0. The van der Waals surface area contributed by atoms with Gasteiger partial charge in [0, 0.05) is 0 Å². The van der Waals surface area contributed by atoms with Crippen molar-refractivity contribution in [3.05, 3.63) is 59.6 Å². The molecule has 0 amide bonds. The van der Waals surface area contributed by atoms with Crippen LogP contribution in [0, 0.1) is 11.8 Å². The van der Waals surface area contributed by atoms with Gasteiger partial charge in [-0.05, 0) is 49.3 Å². The molecule has 0 aromatic heterocycles. The minimum Gasteiger partial charge on any atom is -0.148 e. The third-order valence-electron chi connectivity index (χ3n) is 3.47. The number of rotatable bonds is 10. The molecule has 0 bridgehead atoms. The third kappa shape index (κ3) is 10.4. The molecule has 0 radical (unpaired) electrons. The number of hydrogen-bond acceptors (Lipinski definition) is 1. The number of thiol groups is 1. The van der Waals surface area contributed by atoms with Crippen LogP contribution in [0.4, 0.5) is 0 Å². The maximum absolute atomic E-state index is 4.36. The molecule has 1 heteroatoms. The Bertz CT molecular complexity index is 408. The van der Waals surface area contributed by atoms with Gasteiger partial charge in [-0.1, -0.05) is 68.9 Å². The normalized spacial score (nSPS) is 14.8. The average Bonchev–Trinajstić information content (AvgIpc) is 2.41. The van der Waals surface area contributed by atoms with E-state index >= 15 is 0 Å². The SMILES string of the molecule is C=CC/C=C(/CC(=C)S)C(C)C/C(=C\C)C/C=C\C(C)C. The van der Waals surface area contributed by atoms with Crippen LogP contribution in [-0.2, 0) is 0 Å². The van der Waals surface area contributed by atoms with Crippen molar-refractivity contribution in [2.45, 2.75) is 53.4 Å². The lowest BCUT2D eigenvalue weighted by Gasteiger charge is -2.18. The minimum absolute atomic E-state index is 0.521. The van der Waals surface area contributed by atoms with Gasteiger partial charge < -0.3 is 0 Å². The molecule has 0 aliphatic carbocycles. The molecule has 118 valence electrons. The second-order valence-corrected chi connectivity index (χ2v) is 6.61. The minimum atomic E-state index is 0.521. The summed E-state index contributed by atoms with van der Waals surface area (Å²) in [5.41, 5.74) is 2.91. The summed E-state index contributed by atoms with van der Waals surface area (Å²) in [5.74, 6) is 1.14. The van der Waals surface area contributed by atoms with Crippen molar-refractivity contribution in [1.82, 2.24) is 0 Å². The van der Waals surface area contributed by atoms with Crippen LogP contribution < -0.4 is 0 Å². The molecular weight excluding hydrogens is 272 g/mol. The van der Waals surface area contributed by atoms with E-state index in [1.54, 1.807) is 0 Å². The summed E-state index contributed by atoms with van der Waals surface area (Å²) in [6, 6.07) is 0. The largest absolute Gasteiger partial charge is 0.148 e. The van der Waals surface area contributed by atoms with E-state index in [-0.39, 0.29) is 0 Å². The first-order valence-corrected chi connectivity index (χ1v) is 8.32. The van der Waals surface area contributed by atoms with E-state index in [9.17, 15) is 0 Å². The molecule has 0 aliphatic rings. The van der Waals surface area contributed by atoms with Crippen LogP contribution in [0.15, 0.2) is 59.6 Å². The van der Waals surface area contributed by atoms with Gasteiger partial charge in [0.05, 0.1) is 0 Å². The summed E-state index contributed by atoms with van der Waals surface area (Å²) in [4.78, 5) is 0.930. The van der Waals surface area contributed by atoms with Gasteiger partial charge in [0.1, 0.15) is 0 Å². The summed E-state index contributed by atoms with van der Waals surface area (Å²) < 4.78 is 0. The third-order valence-corrected chi connectivity index (χ3v) is 3.62. The molecule has 1 atom stereocenters. The summed E-state index contributed by atoms with van der Waals surface area (Å²) in [7, 11) is 0. The van der Waals surface area contributed by atoms with E-state index in [4.69, 9.17) is 0 Å². The maximum atomic E-state index is 4.36. The van der Waals surface area contributed by atoms with Crippen LogP contribution in [0.25, 0.3) is 0 Å². The fourth-order valence-electron chi connectivity index (χ4n) is 2.25. The zero-order valence-corrected chi connectivity index (χ0v) is 15.1. The summed E-state index contributed by atoms with van der Waals surface area (Å²) in [6.45, 7) is 16.6. The van der Waals surface area contributed by atoms with Crippen LogP contribution >= 0.6 is 12.6 Å². The van der Waals surface area contributed by atoms with E-state index in [2.05, 4.69) is 77.8 Å². The van der Waals surface area contributed by atoms with Crippen molar-refractivity contribution in [2.75, 3.05) is 0 Å².